The van der Waals surface area contributed by atoms with E-state index in [2.05, 4.69) is 22.4 Å². The largest absolute Gasteiger partial charge is 0.306 e. The number of rotatable bonds is 6. The standard InChI is InChI=1S/C24H25F2N5/c1-15(24-14-28-30(17(24)3)22-7-5-6-20(26)12-22)27-13-23-16(2)29-31(18(23)4)21-10-8-19(25)9-11-21/h5-12,14-15,27H,13H2,1-4H3. The minimum Gasteiger partial charge on any atom is -0.306 e. The fourth-order valence-corrected chi connectivity index (χ4v) is 3.85. The highest BCUT2D eigenvalue weighted by Gasteiger charge is 2.17. The van der Waals surface area contributed by atoms with E-state index in [0.717, 1.165) is 33.9 Å². The fourth-order valence-electron chi connectivity index (χ4n) is 3.85. The van der Waals surface area contributed by atoms with E-state index in [-0.39, 0.29) is 17.7 Å². The molecule has 1 unspecified atom stereocenters. The summed E-state index contributed by atoms with van der Waals surface area (Å²) in [4.78, 5) is 0. The molecule has 4 rings (SSSR count). The van der Waals surface area contributed by atoms with E-state index in [1.54, 1.807) is 22.9 Å². The molecule has 7 heteroatoms. The molecule has 2 heterocycles. The number of benzene rings is 2. The lowest BCUT2D eigenvalue weighted by molar-refractivity contribution is 0.569. The van der Waals surface area contributed by atoms with Gasteiger partial charge in [0.2, 0.25) is 0 Å². The molecular weight excluding hydrogens is 396 g/mol. The van der Waals surface area contributed by atoms with Gasteiger partial charge in [0.1, 0.15) is 11.6 Å². The van der Waals surface area contributed by atoms with Crippen molar-refractivity contribution in [2.75, 3.05) is 0 Å². The minimum atomic E-state index is -0.288. The first-order valence-electron chi connectivity index (χ1n) is 10.2. The smallest absolute Gasteiger partial charge is 0.125 e. The second-order valence-corrected chi connectivity index (χ2v) is 7.72. The van der Waals surface area contributed by atoms with Crippen LogP contribution in [0.2, 0.25) is 0 Å². The zero-order chi connectivity index (χ0) is 22.1. The summed E-state index contributed by atoms with van der Waals surface area (Å²) in [6, 6.07) is 12.8. The summed E-state index contributed by atoms with van der Waals surface area (Å²) in [5.41, 5.74) is 6.57. The molecular formula is C24H25F2N5. The molecule has 0 aliphatic rings. The van der Waals surface area contributed by atoms with Crippen LogP contribution in [-0.2, 0) is 6.54 Å². The molecule has 1 atom stereocenters. The van der Waals surface area contributed by atoms with Gasteiger partial charge in [-0.05, 0) is 70.2 Å². The zero-order valence-corrected chi connectivity index (χ0v) is 18.0. The van der Waals surface area contributed by atoms with E-state index in [4.69, 9.17) is 0 Å². The minimum absolute atomic E-state index is 0.0373. The van der Waals surface area contributed by atoms with E-state index in [0.29, 0.717) is 12.2 Å². The number of hydrogen-bond acceptors (Lipinski definition) is 3. The van der Waals surface area contributed by atoms with Crippen LogP contribution in [0.1, 0.15) is 41.2 Å². The Kier molecular flexibility index (Phi) is 5.69. The molecule has 1 N–H and O–H groups in total. The van der Waals surface area contributed by atoms with E-state index >= 15 is 0 Å². The average molecular weight is 421 g/mol. The Morgan fingerprint density at radius 2 is 1.65 bits per heavy atom. The maximum absolute atomic E-state index is 13.6. The zero-order valence-electron chi connectivity index (χ0n) is 18.0. The molecule has 160 valence electrons. The summed E-state index contributed by atoms with van der Waals surface area (Å²) in [6.07, 6.45) is 1.82. The predicted octanol–water partition coefficient (Wildman–Crippen LogP) is 5.11. The Balaban J connectivity index is 1.52. The number of nitrogens with zero attached hydrogens (tertiary/aromatic N) is 4. The molecule has 0 saturated heterocycles. The molecule has 0 aliphatic heterocycles. The highest BCUT2D eigenvalue weighted by atomic mass is 19.1. The van der Waals surface area contributed by atoms with Crippen molar-refractivity contribution in [3.63, 3.8) is 0 Å². The van der Waals surface area contributed by atoms with E-state index in [1.165, 1.54) is 24.3 Å². The summed E-state index contributed by atoms with van der Waals surface area (Å²) in [5.74, 6) is -0.556. The third kappa shape index (κ3) is 4.14. The number of aryl methyl sites for hydroxylation is 1. The first-order chi connectivity index (χ1) is 14.8. The van der Waals surface area contributed by atoms with Gasteiger partial charge in [-0.15, -0.1) is 0 Å². The van der Waals surface area contributed by atoms with Crippen LogP contribution in [0.5, 0.6) is 0 Å². The molecule has 5 nitrogen and oxygen atoms in total. The SMILES string of the molecule is Cc1nn(-c2ccc(F)cc2)c(C)c1CNC(C)c1cnn(-c2cccc(F)c2)c1C. The van der Waals surface area contributed by atoms with Crippen LogP contribution < -0.4 is 5.32 Å². The quantitative estimate of drug-likeness (QED) is 0.471. The summed E-state index contributed by atoms with van der Waals surface area (Å²) >= 11 is 0. The van der Waals surface area contributed by atoms with Crippen LogP contribution in [0.15, 0.2) is 54.7 Å². The molecule has 0 amide bonds. The molecule has 0 spiro atoms. The van der Waals surface area contributed by atoms with E-state index in [9.17, 15) is 8.78 Å². The summed E-state index contributed by atoms with van der Waals surface area (Å²) in [7, 11) is 0. The predicted molar refractivity (Wildman–Crippen MR) is 117 cm³/mol. The molecule has 4 aromatic rings. The van der Waals surface area contributed by atoms with Gasteiger partial charge in [0.15, 0.2) is 0 Å². The molecule has 0 fully saturated rings. The molecule has 0 bridgehead atoms. The lowest BCUT2D eigenvalue weighted by Gasteiger charge is -2.15. The van der Waals surface area contributed by atoms with Crippen molar-refractivity contribution in [3.05, 3.63) is 94.6 Å². The van der Waals surface area contributed by atoms with Crippen molar-refractivity contribution >= 4 is 0 Å². The monoisotopic (exact) mass is 421 g/mol. The third-order valence-corrected chi connectivity index (χ3v) is 5.66. The first-order valence-corrected chi connectivity index (χ1v) is 10.2. The normalized spacial score (nSPS) is 12.3. The topological polar surface area (TPSA) is 47.7 Å². The van der Waals surface area contributed by atoms with E-state index in [1.807, 2.05) is 37.7 Å². The number of aromatic nitrogens is 4. The van der Waals surface area contributed by atoms with Crippen LogP contribution in [0.4, 0.5) is 8.78 Å². The van der Waals surface area contributed by atoms with Gasteiger partial charge in [-0.25, -0.2) is 18.1 Å². The number of halogens is 2. The van der Waals surface area contributed by atoms with Gasteiger partial charge in [0, 0.05) is 35.1 Å². The number of hydrogen-bond donors (Lipinski definition) is 1. The summed E-state index contributed by atoms with van der Waals surface area (Å²) in [5, 5.41) is 12.6. The highest BCUT2D eigenvalue weighted by molar-refractivity contribution is 5.38. The van der Waals surface area contributed by atoms with Crippen molar-refractivity contribution < 1.29 is 8.78 Å². The summed E-state index contributed by atoms with van der Waals surface area (Å²) in [6.45, 7) is 8.67. The van der Waals surface area contributed by atoms with Crippen molar-refractivity contribution in [1.82, 2.24) is 24.9 Å². The Morgan fingerprint density at radius 3 is 2.35 bits per heavy atom. The maximum atomic E-state index is 13.6. The van der Waals surface area contributed by atoms with Gasteiger partial charge in [-0.3, -0.25) is 0 Å². The molecule has 2 aromatic heterocycles. The van der Waals surface area contributed by atoms with Gasteiger partial charge in [0.25, 0.3) is 0 Å². The van der Waals surface area contributed by atoms with Gasteiger partial charge in [-0.2, -0.15) is 10.2 Å². The lowest BCUT2D eigenvalue weighted by atomic mass is 10.1. The van der Waals surface area contributed by atoms with Crippen LogP contribution >= 0.6 is 0 Å². The highest BCUT2D eigenvalue weighted by Crippen LogP contribution is 2.23. The van der Waals surface area contributed by atoms with Gasteiger partial charge in [-0.1, -0.05) is 6.07 Å². The second-order valence-electron chi connectivity index (χ2n) is 7.72. The maximum Gasteiger partial charge on any atom is 0.125 e. The second kappa shape index (κ2) is 8.43. The van der Waals surface area contributed by atoms with Gasteiger partial charge < -0.3 is 5.32 Å². The van der Waals surface area contributed by atoms with Crippen LogP contribution in [-0.4, -0.2) is 19.6 Å². The van der Waals surface area contributed by atoms with Crippen LogP contribution in [0.3, 0.4) is 0 Å². The van der Waals surface area contributed by atoms with Gasteiger partial charge in [0.05, 0.1) is 23.3 Å². The van der Waals surface area contributed by atoms with Crippen molar-refractivity contribution in [1.29, 1.82) is 0 Å². The van der Waals surface area contributed by atoms with Crippen molar-refractivity contribution in [3.8, 4) is 11.4 Å². The van der Waals surface area contributed by atoms with Gasteiger partial charge >= 0.3 is 0 Å². The fraction of sp³-hybridized carbons (Fsp3) is 0.250. The Morgan fingerprint density at radius 1 is 0.903 bits per heavy atom. The Labute approximate surface area is 180 Å². The van der Waals surface area contributed by atoms with Crippen LogP contribution in [0.25, 0.3) is 11.4 Å². The molecule has 0 radical (unpaired) electrons. The first kappa shape index (κ1) is 20.9. The van der Waals surface area contributed by atoms with Crippen molar-refractivity contribution in [2.45, 2.75) is 40.3 Å². The Hall–Kier alpha value is -3.32. The van der Waals surface area contributed by atoms with E-state index < -0.39 is 0 Å². The molecule has 0 saturated carbocycles. The molecule has 2 aromatic carbocycles. The summed E-state index contributed by atoms with van der Waals surface area (Å²) < 4.78 is 30.4. The molecule has 0 aliphatic carbocycles. The lowest BCUT2D eigenvalue weighted by Crippen LogP contribution is -2.19. The van der Waals surface area contributed by atoms with Crippen LogP contribution in [0, 0.1) is 32.4 Å². The van der Waals surface area contributed by atoms with Crippen molar-refractivity contribution in [2.24, 2.45) is 0 Å². The Bertz CT molecular complexity index is 1210. The molecule has 31 heavy (non-hydrogen) atoms. The third-order valence-electron chi connectivity index (χ3n) is 5.66. The number of nitrogens with one attached hydrogen (secondary N) is 1. The average Bonchev–Trinajstić information content (AvgIpc) is 3.26.